The number of carbonyl (C=O) groups excluding carboxylic acids is 1. The summed E-state index contributed by atoms with van der Waals surface area (Å²) in [6.45, 7) is 1.07. The number of piperidine rings is 1. The van der Waals surface area contributed by atoms with Crippen molar-refractivity contribution in [1.29, 1.82) is 0 Å². The largest absolute Gasteiger partial charge is 0.496 e. The molecular weight excluding hydrogens is 328 g/mol. The monoisotopic (exact) mass is 347 g/mol. The van der Waals surface area contributed by atoms with Gasteiger partial charge in [-0.3, -0.25) is 4.79 Å². The van der Waals surface area contributed by atoms with Crippen LogP contribution in [-0.2, 0) is 0 Å². The van der Waals surface area contributed by atoms with Gasteiger partial charge in [-0.05, 0) is 24.3 Å². The number of ether oxygens (including phenoxy) is 2. The lowest BCUT2D eigenvalue weighted by Gasteiger charge is -2.32. The number of para-hydroxylation sites is 1. The van der Waals surface area contributed by atoms with E-state index in [2.05, 4.69) is 0 Å². The Labute approximate surface area is 145 Å². The average Bonchev–Trinajstić information content (AvgIpc) is 2.65. The lowest BCUT2D eigenvalue weighted by atomic mass is 10.1. The quantitative estimate of drug-likeness (QED) is 0.847. The van der Waals surface area contributed by atoms with Crippen molar-refractivity contribution in [2.45, 2.75) is 18.9 Å². The van der Waals surface area contributed by atoms with E-state index in [1.807, 2.05) is 6.07 Å². The van der Waals surface area contributed by atoms with Crippen LogP contribution in [0.3, 0.4) is 0 Å². The van der Waals surface area contributed by atoms with Gasteiger partial charge in [0.15, 0.2) is 11.6 Å². The first kappa shape index (κ1) is 17.2. The number of rotatable bonds is 4. The van der Waals surface area contributed by atoms with E-state index in [9.17, 15) is 13.6 Å². The Kier molecular flexibility index (Phi) is 5.16. The second-order valence-corrected chi connectivity index (χ2v) is 5.89. The van der Waals surface area contributed by atoms with Gasteiger partial charge < -0.3 is 14.4 Å². The predicted octanol–water partition coefficient (Wildman–Crippen LogP) is 3.66. The Morgan fingerprint density at radius 1 is 1.08 bits per heavy atom. The molecule has 132 valence electrons. The van der Waals surface area contributed by atoms with Crippen LogP contribution in [0, 0.1) is 11.6 Å². The molecule has 4 nitrogen and oxygen atoms in total. The third-order valence-electron chi connectivity index (χ3n) is 4.26. The molecular formula is C19H19F2NO3. The van der Waals surface area contributed by atoms with Gasteiger partial charge in [0.1, 0.15) is 17.6 Å². The van der Waals surface area contributed by atoms with Gasteiger partial charge in [-0.1, -0.05) is 12.1 Å². The van der Waals surface area contributed by atoms with Crippen LogP contribution in [0.5, 0.6) is 11.5 Å². The van der Waals surface area contributed by atoms with E-state index >= 15 is 0 Å². The summed E-state index contributed by atoms with van der Waals surface area (Å²) >= 11 is 0. The van der Waals surface area contributed by atoms with Gasteiger partial charge >= 0.3 is 0 Å². The highest BCUT2D eigenvalue weighted by Gasteiger charge is 2.26. The summed E-state index contributed by atoms with van der Waals surface area (Å²) in [5.41, 5.74) is 0.532. The molecule has 1 aliphatic heterocycles. The van der Waals surface area contributed by atoms with Gasteiger partial charge in [-0.15, -0.1) is 0 Å². The molecule has 0 radical (unpaired) electrons. The summed E-state index contributed by atoms with van der Waals surface area (Å²) in [6.07, 6.45) is 1.12. The summed E-state index contributed by atoms with van der Waals surface area (Å²) < 4.78 is 37.1. The number of carbonyl (C=O) groups is 1. The fraction of sp³-hybridized carbons (Fsp3) is 0.316. The van der Waals surface area contributed by atoms with Crippen LogP contribution in [0.15, 0.2) is 42.5 Å². The van der Waals surface area contributed by atoms with Crippen LogP contribution >= 0.6 is 0 Å². The van der Waals surface area contributed by atoms with Crippen LogP contribution in [0.4, 0.5) is 8.78 Å². The molecule has 1 aliphatic rings. The van der Waals surface area contributed by atoms with E-state index in [-0.39, 0.29) is 12.0 Å². The van der Waals surface area contributed by atoms with Gasteiger partial charge in [-0.25, -0.2) is 8.78 Å². The first-order valence-corrected chi connectivity index (χ1v) is 8.12. The average molecular weight is 347 g/mol. The molecule has 0 saturated carbocycles. The van der Waals surface area contributed by atoms with Gasteiger partial charge in [0.2, 0.25) is 0 Å². The van der Waals surface area contributed by atoms with E-state index in [4.69, 9.17) is 9.47 Å². The molecule has 0 N–H and O–H groups in total. The molecule has 0 atom stereocenters. The fourth-order valence-corrected chi connectivity index (χ4v) is 2.91. The van der Waals surface area contributed by atoms with Crippen LogP contribution in [0.2, 0.25) is 0 Å². The van der Waals surface area contributed by atoms with Crippen LogP contribution in [0.1, 0.15) is 23.2 Å². The van der Waals surface area contributed by atoms with Gasteiger partial charge in [0, 0.05) is 32.0 Å². The van der Waals surface area contributed by atoms with Gasteiger partial charge in [0.05, 0.1) is 12.7 Å². The Balaban J connectivity index is 1.59. The SMILES string of the molecule is COc1ccccc1C(=O)N1CCC(Oc2ccc(F)c(F)c2)CC1. The number of nitrogens with zero attached hydrogens (tertiary/aromatic N) is 1. The standard InChI is InChI=1S/C19H19F2NO3/c1-24-18-5-3-2-4-15(18)19(23)22-10-8-13(9-11-22)25-14-6-7-16(20)17(21)12-14/h2-7,12-13H,8-11H2,1H3. The van der Waals surface area contributed by atoms with Crippen molar-refractivity contribution in [1.82, 2.24) is 4.90 Å². The lowest BCUT2D eigenvalue weighted by molar-refractivity contribution is 0.0592. The Morgan fingerprint density at radius 2 is 1.80 bits per heavy atom. The number of methoxy groups -OCH3 is 1. The second kappa shape index (κ2) is 7.51. The smallest absolute Gasteiger partial charge is 0.257 e. The molecule has 25 heavy (non-hydrogen) atoms. The molecule has 1 fully saturated rings. The topological polar surface area (TPSA) is 38.8 Å². The van der Waals surface area contributed by atoms with Crippen molar-refractivity contribution in [3.8, 4) is 11.5 Å². The molecule has 3 rings (SSSR count). The molecule has 1 heterocycles. The van der Waals surface area contributed by atoms with Gasteiger partial charge in [-0.2, -0.15) is 0 Å². The number of amides is 1. The normalized spacial score (nSPS) is 15.1. The maximum absolute atomic E-state index is 13.2. The molecule has 0 aromatic heterocycles. The zero-order valence-corrected chi connectivity index (χ0v) is 13.9. The van der Waals surface area contributed by atoms with Crippen molar-refractivity contribution in [3.63, 3.8) is 0 Å². The third-order valence-corrected chi connectivity index (χ3v) is 4.26. The Morgan fingerprint density at radius 3 is 2.48 bits per heavy atom. The molecule has 6 heteroatoms. The van der Waals surface area contributed by atoms with Crippen molar-refractivity contribution >= 4 is 5.91 Å². The fourth-order valence-electron chi connectivity index (χ4n) is 2.91. The van der Waals surface area contributed by atoms with Crippen molar-refractivity contribution in [3.05, 3.63) is 59.7 Å². The highest BCUT2D eigenvalue weighted by Crippen LogP contribution is 2.24. The lowest BCUT2D eigenvalue weighted by Crippen LogP contribution is -2.41. The van der Waals surface area contributed by atoms with Crippen LogP contribution in [-0.4, -0.2) is 37.1 Å². The summed E-state index contributed by atoms with van der Waals surface area (Å²) in [6, 6.07) is 10.6. The Bertz CT molecular complexity index is 758. The second-order valence-electron chi connectivity index (χ2n) is 5.89. The van der Waals surface area contributed by atoms with Crippen LogP contribution in [0.25, 0.3) is 0 Å². The zero-order chi connectivity index (χ0) is 17.8. The van der Waals surface area contributed by atoms with Crippen LogP contribution < -0.4 is 9.47 Å². The zero-order valence-electron chi connectivity index (χ0n) is 13.9. The maximum Gasteiger partial charge on any atom is 0.257 e. The van der Waals surface area contributed by atoms with E-state index in [0.29, 0.717) is 43.0 Å². The minimum absolute atomic E-state index is 0.0799. The van der Waals surface area contributed by atoms with E-state index in [0.717, 1.165) is 12.1 Å². The molecule has 2 aromatic rings. The summed E-state index contributed by atoms with van der Waals surface area (Å²) in [7, 11) is 1.54. The first-order valence-electron chi connectivity index (χ1n) is 8.12. The first-order chi connectivity index (χ1) is 12.1. The third kappa shape index (κ3) is 3.90. The van der Waals surface area contributed by atoms with Crippen molar-refractivity contribution < 1.29 is 23.0 Å². The van der Waals surface area contributed by atoms with Crippen molar-refractivity contribution in [2.75, 3.05) is 20.2 Å². The minimum atomic E-state index is -0.929. The predicted molar refractivity (Wildman–Crippen MR) is 88.9 cm³/mol. The number of benzene rings is 2. The van der Waals surface area contributed by atoms with Crippen molar-refractivity contribution in [2.24, 2.45) is 0 Å². The summed E-state index contributed by atoms with van der Waals surface area (Å²) in [5, 5.41) is 0. The van der Waals surface area contributed by atoms with E-state index in [1.165, 1.54) is 13.2 Å². The summed E-state index contributed by atoms with van der Waals surface area (Å²) in [4.78, 5) is 14.4. The molecule has 1 amide bonds. The highest BCUT2D eigenvalue weighted by atomic mass is 19.2. The molecule has 2 aromatic carbocycles. The minimum Gasteiger partial charge on any atom is -0.496 e. The molecule has 0 spiro atoms. The molecule has 0 unspecified atom stereocenters. The number of hydrogen-bond donors (Lipinski definition) is 0. The Hall–Kier alpha value is -2.63. The van der Waals surface area contributed by atoms with Gasteiger partial charge in [0.25, 0.3) is 5.91 Å². The summed E-state index contributed by atoms with van der Waals surface area (Å²) in [5.74, 6) is -1.06. The molecule has 0 aliphatic carbocycles. The highest BCUT2D eigenvalue weighted by molar-refractivity contribution is 5.97. The van der Waals surface area contributed by atoms with E-state index in [1.54, 1.807) is 23.1 Å². The number of halogens is 2. The number of hydrogen-bond acceptors (Lipinski definition) is 3. The molecule has 1 saturated heterocycles. The van der Waals surface area contributed by atoms with E-state index < -0.39 is 11.6 Å². The maximum atomic E-state index is 13.2. The molecule has 0 bridgehead atoms. The number of likely N-dealkylation sites (tertiary alicyclic amines) is 1.